The molecule has 4 aromatic rings. The molecule has 0 unspecified atom stereocenters. The second-order valence-corrected chi connectivity index (χ2v) is 8.72. The largest absolute Gasteiger partial charge is 0.493 e. The Morgan fingerprint density at radius 3 is 2.61 bits per heavy atom. The minimum Gasteiger partial charge on any atom is -0.493 e. The normalized spacial score (nSPS) is 11.0. The van der Waals surface area contributed by atoms with Gasteiger partial charge >= 0.3 is 0 Å². The molecule has 0 bridgehead atoms. The average Bonchev–Trinajstić information content (AvgIpc) is 3.11. The lowest BCUT2D eigenvalue weighted by Crippen LogP contribution is -1.99. The lowest BCUT2D eigenvalue weighted by atomic mass is 10.2. The maximum atomic E-state index is 6.23. The van der Waals surface area contributed by atoms with Crippen LogP contribution >= 0.6 is 50.5 Å². The summed E-state index contributed by atoms with van der Waals surface area (Å²) in [5.41, 5.74) is 2.78. The van der Waals surface area contributed by atoms with Crippen molar-refractivity contribution in [1.82, 2.24) is 4.98 Å². The van der Waals surface area contributed by atoms with E-state index in [-0.39, 0.29) is 0 Å². The molecule has 0 saturated carbocycles. The summed E-state index contributed by atoms with van der Waals surface area (Å²) in [4.78, 5) is 4.72. The monoisotopic (exact) mass is 493 g/mol. The molecule has 1 aromatic heterocycles. The van der Waals surface area contributed by atoms with Gasteiger partial charge in [-0.2, -0.15) is 0 Å². The zero-order valence-electron chi connectivity index (χ0n) is 14.7. The summed E-state index contributed by atoms with van der Waals surface area (Å²) in [5, 5.41) is 2.07. The number of halogens is 3. The van der Waals surface area contributed by atoms with Crippen molar-refractivity contribution in [3.05, 3.63) is 74.7 Å². The molecule has 0 amide bonds. The lowest BCUT2D eigenvalue weighted by molar-refractivity contribution is 0.284. The van der Waals surface area contributed by atoms with Crippen LogP contribution in [0.25, 0.3) is 20.8 Å². The molecule has 0 aliphatic heterocycles. The van der Waals surface area contributed by atoms with Crippen molar-refractivity contribution in [2.24, 2.45) is 0 Å². The van der Waals surface area contributed by atoms with Gasteiger partial charge < -0.3 is 9.47 Å². The van der Waals surface area contributed by atoms with E-state index in [1.165, 1.54) is 0 Å². The Balaban J connectivity index is 1.65. The topological polar surface area (TPSA) is 31.4 Å². The summed E-state index contributed by atoms with van der Waals surface area (Å²) in [5.74, 6) is 1.24. The van der Waals surface area contributed by atoms with E-state index < -0.39 is 0 Å². The number of hydrogen-bond donors (Lipinski definition) is 0. The van der Waals surface area contributed by atoms with Crippen molar-refractivity contribution in [2.45, 2.75) is 6.61 Å². The Morgan fingerprint density at radius 1 is 1.04 bits per heavy atom. The van der Waals surface area contributed by atoms with Gasteiger partial charge in [-0.15, -0.1) is 11.3 Å². The maximum Gasteiger partial charge on any atom is 0.162 e. The maximum absolute atomic E-state index is 6.23. The van der Waals surface area contributed by atoms with Gasteiger partial charge in [0, 0.05) is 25.6 Å². The minimum absolute atomic E-state index is 0.305. The Morgan fingerprint density at radius 2 is 1.86 bits per heavy atom. The van der Waals surface area contributed by atoms with E-state index in [0.29, 0.717) is 28.2 Å². The number of fused-ring (bicyclic) bond motifs is 1. The number of thiazole rings is 1. The standard InChI is InChI=1S/C21H14BrCl2NO2S/c1-26-18-9-14(21-25-17-4-2-3-5-20(17)28-21)15(22)10-19(18)27-11-12-6-7-13(23)8-16(12)24/h2-10H,11H2,1H3. The van der Waals surface area contributed by atoms with Gasteiger partial charge in [-0.05, 0) is 52.3 Å². The van der Waals surface area contributed by atoms with Gasteiger partial charge in [0.2, 0.25) is 0 Å². The molecule has 0 fully saturated rings. The molecule has 0 aliphatic carbocycles. The Kier molecular flexibility index (Phi) is 5.78. The van der Waals surface area contributed by atoms with Crippen LogP contribution in [0.4, 0.5) is 0 Å². The van der Waals surface area contributed by atoms with Crippen molar-refractivity contribution in [3.8, 4) is 22.1 Å². The molecule has 3 nitrogen and oxygen atoms in total. The highest BCUT2D eigenvalue weighted by atomic mass is 79.9. The summed E-state index contributed by atoms with van der Waals surface area (Å²) in [6.45, 7) is 0.305. The van der Waals surface area contributed by atoms with Crippen molar-refractivity contribution in [3.63, 3.8) is 0 Å². The van der Waals surface area contributed by atoms with E-state index in [1.54, 1.807) is 30.6 Å². The number of nitrogens with zero attached hydrogens (tertiary/aromatic N) is 1. The number of rotatable bonds is 5. The second-order valence-electron chi connectivity index (χ2n) is 5.99. The number of benzene rings is 3. The Hall–Kier alpha value is -1.79. The highest BCUT2D eigenvalue weighted by molar-refractivity contribution is 9.10. The number of ether oxygens (including phenoxy) is 2. The summed E-state index contributed by atoms with van der Waals surface area (Å²) in [6, 6.07) is 17.2. The molecule has 142 valence electrons. The van der Waals surface area contributed by atoms with Gasteiger partial charge in [0.05, 0.1) is 17.3 Å². The van der Waals surface area contributed by atoms with Crippen LogP contribution in [0.15, 0.2) is 59.1 Å². The number of aromatic nitrogens is 1. The van der Waals surface area contributed by atoms with Crippen molar-refractivity contribution < 1.29 is 9.47 Å². The van der Waals surface area contributed by atoms with Gasteiger partial charge in [-0.3, -0.25) is 0 Å². The highest BCUT2D eigenvalue weighted by Gasteiger charge is 2.15. The minimum atomic E-state index is 0.305. The molecule has 28 heavy (non-hydrogen) atoms. The third-order valence-electron chi connectivity index (χ3n) is 4.18. The van der Waals surface area contributed by atoms with Crippen LogP contribution in [0.5, 0.6) is 11.5 Å². The van der Waals surface area contributed by atoms with Crippen molar-refractivity contribution in [2.75, 3.05) is 7.11 Å². The molecule has 0 spiro atoms. The molecule has 1 heterocycles. The predicted molar refractivity (Wildman–Crippen MR) is 120 cm³/mol. The van der Waals surface area contributed by atoms with Crippen molar-refractivity contribution in [1.29, 1.82) is 0 Å². The fourth-order valence-corrected chi connectivity index (χ4v) is 4.85. The fourth-order valence-electron chi connectivity index (χ4n) is 2.75. The van der Waals surface area contributed by atoms with Gasteiger partial charge in [0.25, 0.3) is 0 Å². The average molecular weight is 495 g/mol. The van der Waals surface area contributed by atoms with Crippen LogP contribution < -0.4 is 9.47 Å². The van der Waals surface area contributed by atoms with E-state index >= 15 is 0 Å². The van der Waals surface area contributed by atoms with Crippen LogP contribution in [0.2, 0.25) is 10.0 Å². The summed E-state index contributed by atoms with van der Waals surface area (Å²) >= 11 is 17.5. The van der Waals surface area contributed by atoms with E-state index in [1.807, 2.05) is 36.4 Å². The molecule has 0 N–H and O–H groups in total. The molecule has 3 aromatic carbocycles. The quantitative estimate of drug-likeness (QED) is 0.286. The number of para-hydroxylation sites is 1. The molecule has 0 radical (unpaired) electrons. The van der Waals surface area contributed by atoms with Crippen LogP contribution in [-0.2, 0) is 6.61 Å². The predicted octanol–water partition coefficient (Wildman–Crippen LogP) is 7.62. The first-order chi connectivity index (χ1) is 13.5. The van der Waals surface area contributed by atoms with Gasteiger partial charge in [-0.25, -0.2) is 4.98 Å². The molecule has 4 rings (SSSR count). The first kappa shape index (κ1) is 19.5. The molecule has 0 saturated heterocycles. The molecular formula is C21H14BrCl2NO2S. The van der Waals surface area contributed by atoms with E-state index in [2.05, 4.69) is 22.0 Å². The number of hydrogen-bond acceptors (Lipinski definition) is 4. The first-order valence-electron chi connectivity index (χ1n) is 8.35. The fraction of sp³-hybridized carbons (Fsp3) is 0.0952. The van der Waals surface area contributed by atoms with Crippen LogP contribution in [-0.4, -0.2) is 12.1 Å². The third kappa shape index (κ3) is 3.98. The third-order valence-corrected chi connectivity index (χ3v) is 6.49. The van der Waals surface area contributed by atoms with Crippen molar-refractivity contribution >= 4 is 60.7 Å². The lowest BCUT2D eigenvalue weighted by Gasteiger charge is -2.14. The highest BCUT2D eigenvalue weighted by Crippen LogP contribution is 2.41. The van der Waals surface area contributed by atoms with Crippen LogP contribution in [0.1, 0.15) is 5.56 Å². The molecule has 0 aliphatic rings. The molecule has 0 atom stereocenters. The summed E-state index contributed by atoms with van der Waals surface area (Å²) in [7, 11) is 1.62. The smallest absolute Gasteiger partial charge is 0.162 e. The second kappa shape index (κ2) is 8.29. The SMILES string of the molecule is COc1cc(-c2nc3ccccc3s2)c(Br)cc1OCc1ccc(Cl)cc1Cl. The summed E-state index contributed by atoms with van der Waals surface area (Å²) in [6.07, 6.45) is 0. The Labute approximate surface area is 185 Å². The van der Waals surface area contributed by atoms with Gasteiger partial charge in [-0.1, -0.05) is 41.4 Å². The zero-order valence-corrected chi connectivity index (χ0v) is 18.6. The van der Waals surface area contributed by atoms with E-state index in [0.717, 1.165) is 30.8 Å². The molecule has 7 heteroatoms. The van der Waals surface area contributed by atoms with E-state index in [4.69, 9.17) is 37.7 Å². The van der Waals surface area contributed by atoms with Crippen LogP contribution in [0, 0.1) is 0 Å². The Bertz CT molecular complexity index is 1130. The zero-order chi connectivity index (χ0) is 19.7. The molecular weight excluding hydrogens is 481 g/mol. The van der Waals surface area contributed by atoms with E-state index in [9.17, 15) is 0 Å². The van der Waals surface area contributed by atoms with Crippen LogP contribution in [0.3, 0.4) is 0 Å². The van der Waals surface area contributed by atoms with Gasteiger partial charge in [0.1, 0.15) is 11.6 Å². The summed E-state index contributed by atoms with van der Waals surface area (Å²) < 4.78 is 13.5. The van der Waals surface area contributed by atoms with Gasteiger partial charge in [0.15, 0.2) is 11.5 Å². The number of methoxy groups -OCH3 is 1. The first-order valence-corrected chi connectivity index (χ1v) is 10.7.